The highest BCUT2D eigenvalue weighted by molar-refractivity contribution is 5.31. The Kier molecular flexibility index (Phi) is 4.84. The van der Waals surface area contributed by atoms with E-state index in [1.807, 2.05) is 24.3 Å². The third-order valence-corrected chi connectivity index (χ3v) is 2.51. The predicted molar refractivity (Wildman–Crippen MR) is 65.5 cm³/mol. The van der Waals surface area contributed by atoms with Gasteiger partial charge < -0.3 is 9.84 Å². The minimum absolute atomic E-state index is 0.608. The Balaban J connectivity index is 2.86. The Morgan fingerprint density at radius 2 is 2.06 bits per heavy atom. The van der Waals surface area contributed by atoms with Gasteiger partial charge in [0, 0.05) is 5.57 Å². The van der Waals surface area contributed by atoms with Crippen molar-refractivity contribution in [2.24, 2.45) is 0 Å². The summed E-state index contributed by atoms with van der Waals surface area (Å²) in [5.74, 6) is 0.788. The fourth-order valence-electron chi connectivity index (χ4n) is 1.58. The van der Waals surface area contributed by atoms with Gasteiger partial charge in [0.2, 0.25) is 0 Å². The summed E-state index contributed by atoms with van der Waals surface area (Å²) in [7, 11) is 1.62. The summed E-state index contributed by atoms with van der Waals surface area (Å²) in [6, 6.07) is 7.39. The van der Waals surface area contributed by atoms with Gasteiger partial charge in [-0.25, -0.2) is 0 Å². The Hall–Kier alpha value is -1.50. The second kappa shape index (κ2) is 6.16. The standard InChI is InChI=1S/C14H18O2/c1-4-6-11(5-2)14(15)12-7-9-13(16-3)10-8-12/h7-10,14-15H,2,4,6H2,1,3H3. The predicted octanol–water partition coefficient (Wildman–Crippen LogP) is 3.24. The largest absolute Gasteiger partial charge is 0.497 e. The van der Waals surface area contributed by atoms with Gasteiger partial charge in [-0.3, -0.25) is 0 Å². The highest BCUT2D eigenvalue weighted by Gasteiger charge is 2.12. The maximum Gasteiger partial charge on any atom is 0.118 e. The molecule has 0 aliphatic carbocycles. The molecule has 1 rings (SSSR count). The van der Waals surface area contributed by atoms with E-state index in [9.17, 15) is 5.11 Å². The summed E-state index contributed by atoms with van der Waals surface area (Å²) in [4.78, 5) is 0. The summed E-state index contributed by atoms with van der Waals surface area (Å²) < 4.78 is 5.07. The molecule has 0 aliphatic heterocycles. The van der Waals surface area contributed by atoms with Crippen molar-refractivity contribution < 1.29 is 9.84 Å². The van der Waals surface area contributed by atoms with Gasteiger partial charge >= 0.3 is 0 Å². The van der Waals surface area contributed by atoms with Crippen molar-refractivity contribution >= 4 is 0 Å². The smallest absolute Gasteiger partial charge is 0.118 e. The molecule has 1 unspecified atom stereocenters. The van der Waals surface area contributed by atoms with E-state index in [1.165, 1.54) is 0 Å². The van der Waals surface area contributed by atoms with E-state index >= 15 is 0 Å². The molecule has 0 radical (unpaired) electrons. The number of benzene rings is 1. The van der Waals surface area contributed by atoms with Crippen LogP contribution in [-0.4, -0.2) is 12.2 Å². The van der Waals surface area contributed by atoms with Crippen LogP contribution in [0.25, 0.3) is 0 Å². The molecule has 0 heterocycles. The zero-order chi connectivity index (χ0) is 12.0. The molecule has 0 fully saturated rings. The second-order valence-electron chi connectivity index (χ2n) is 3.63. The Morgan fingerprint density at radius 1 is 1.44 bits per heavy atom. The van der Waals surface area contributed by atoms with Crippen molar-refractivity contribution in [3.63, 3.8) is 0 Å². The molecule has 1 N–H and O–H groups in total. The lowest BCUT2D eigenvalue weighted by molar-refractivity contribution is 0.211. The minimum Gasteiger partial charge on any atom is -0.497 e. The third kappa shape index (κ3) is 2.99. The van der Waals surface area contributed by atoms with E-state index in [0.29, 0.717) is 0 Å². The molecule has 1 atom stereocenters. The van der Waals surface area contributed by atoms with Crippen LogP contribution in [0.4, 0.5) is 0 Å². The number of aliphatic hydroxyl groups is 1. The molecule has 2 nitrogen and oxygen atoms in total. The average molecular weight is 218 g/mol. The minimum atomic E-state index is -0.608. The summed E-state index contributed by atoms with van der Waals surface area (Å²) in [5.41, 5.74) is 4.50. The van der Waals surface area contributed by atoms with Gasteiger partial charge in [-0.2, -0.15) is 0 Å². The fraction of sp³-hybridized carbons (Fsp3) is 0.357. The van der Waals surface area contributed by atoms with Crippen molar-refractivity contribution in [2.45, 2.75) is 25.9 Å². The molecule has 0 saturated heterocycles. The lowest BCUT2D eigenvalue weighted by Crippen LogP contribution is -2.00. The Morgan fingerprint density at radius 3 is 2.50 bits per heavy atom. The van der Waals surface area contributed by atoms with Gasteiger partial charge in [0.25, 0.3) is 0 Å². The van der Waals surface area contributed by atoms with Crippen LogP contribution >= 0.6 is 0 Å². The number of methoxy groups -OCH3 is 1. The van der Waals surface area contributed by atoms with Crippen LogP contribution in [0.3, 0.4) is 0 Å². The van der Waals surface area contributed by atoms with Gasteiger partial charge in [0.05, 0.1) is 7.11 Å². The van der Waals surface area contributed by atoms with Crippen LogP contribution in [-0.2, 0) is 0 Å². The maximum atomic E-state index is 10.1. The normalized spacial score (nSPS) is 11.7. The second-order valence-corrected chi connectivity index (χ2v) is 3.63. The number of aliphatic hydroxyl groups excluding tert-OH is 1. The van der Waals surface area contributed by atoms with Crippen molar-refractivity contribution in [1.29, 1.82) is 0 Å². The number of hydrogen-bond donors (Lipinski definition) is 1. The van der Waals surface area contributed by atoms with E-state index in [4.69, 9.17) is 4.74 Å². The molecule has 0 spiro atoms. The highest BCUT2D eigenvalue weighted by Crippen LogP contribution is 2.25. The summed E-state index contributed by atoms with van der Waals surface area (Å²) in [6.07, 6.45) is 1.19. The summed E-state index contributed by atoms with van der Waals surface area (Å²) in [6.45, 7) is 5.68. The molecular formula is C14H18O2. The molecule has 1 aromatic rings. The lowest BCUT2D eigenvalue weighted by Gasteiger charge is -2.13. The van der Waals surface area contributed by atoms with E-state index in [1.54, 1.807) is 7.11 Å². The molecule has 16 heavy (non-hydrogen) atoms. The average Bonchev–Trinajstić information content (AvgIpc) is 2.35. The third-order valence-electron chi connectivity index (χ3n) is 2.51. The molecule has 1 aromatic carbocycles. The topological polar surface area (TPSA) is 29.5 Å². The molecule has 86 valence electrons. The van der Waals surface area contributed by atoms with Crippen LogP contribution in [0.5, 0.6) is 5.75 Å². The van der Waals surface area contributed by atoms with Crippen molar-refractivity contribution in [1.82, 2.24) is 0 Å². The Labute approximate surface area is 96.9 Å². The van der Waals surface area contributed by atoms with Gasteiger partial charge in [0.1, 0.15) is 11.9 Å². The summed E-state index contributed by atoms with van der Waals surface area (Å²) >= 11 is 0. The van der Waals surface area contributed by atoms with Gasteiger partial charge in [-0.1, -0.05) is 32.1 Å². The zero-order valence-corrected chi connectivity index (χ0v) is 9.86. The van der Waals surface area contributed by atoms with E-state index in [0.717, 1.165) is 29.7 Å². The van der Waals surface area contributed by atoms with Crippen molar-refractivity contribution in [3.05, 3.63) is 47.7 Å². The molecule has 0 saturated carbocycles. The Bertz CT molecular complexity index is 372. The number of hydrogen-bond acceptors (Lipinski definition) is 2. The van der Waals surface area contributed by atoms with Crippen LogP contribution in [0.15, 0.2) is 42.1 Å². The van der Waals surface area contributed by atoms with Gasteiger partial charge in [-0.05, 0) is 24.1 Å². The van der Waals surface area contributed by atoms with Crippen LogP contribution in [0, 0.1) is 0 Å². The monoisotopic (exact) mass is 218 g/mol. The van der Waals surface area contributed by atoms with Gasteiger partial charge in [-0.15, -0.1) is 5.73 Å². The first-order valence-corrected chi connectivity index (χ1v) is 5.43. The highest BCUT2D eigenvalue weighted by atomic mass is 16.5. The number of rotatable bonds is 5. The molecular weight excluding hydrogens is 200 g/mol. The maximum absolute atomic E-state index is 10.1. The number of ether oxygens (including phenoxy) is 1. The van der Waals surface area contributed by atoms with Crippen molar-refractivity contribution in [2.75, 3.05) is 7.11 Å². The van der Waals surface area contributed by atoms with Crippen LogP contribution in [0.2, 0.25) is 0 Å². The van der Waals surface area contributed by atoms with E-state index < -0.39 is 6.10 Å². The molecule has 0 aliphatic rings. The van der Waals surface area contributed by atoms with E-state index in [2.05, 4.69) is 19.2 Å². The summed E-state index contributed by atoms with van der Waals surface area (Å²) in [5, 5.41) is 10.1. The van der Waals surface area contributed by atoms with Gasteiger partial charge in [0.15, 0.2) is 0 Å². The first-order valence-electron chi connectivity index (χ1n) is 5.43. The lowest BCUT2D eigenvalue weighted by atomic mass is 9.99. The molecule has 2 heteroatoms. The molecule has 0 aromatic heterocycles. The SMILES string of the molecule is C=C=C(CCC)C(O)c1ccc(OC)cc1. The fourth-order valence-corrected chi connectivity index (χ4v) is 1.58. The van der Waals surface area contributed by atoms with Crippen LogP contribution in [0.1, 0.15) is 31.4 Å². The van der Waals surface area contributed by atoms with Crippen LogP contribution < -0.4 is 4.74 Å². The zero-order valence-electron chi connectivity index (χ0n) is 9.86. The molecule has 0 bridgehead atoms. The molecule has 0 amide bonds. The van der Waals surface area contributed by atoms with Crippen molar-refractivity contribution in [3.8, 4) is 5.75 Å². The quantitative estimate of drug-likeness (QED) is 0.769. The first kappa shape index (κ1) is 12.6. The first-order chi connectivity index (χ1) is 7.72. The van der Waals surface area contributed by atoms with E-state index in [-0.39, 0.29) is 0 Å².